The summed E-state index contributed by atoms with van der Waals surface area (Å²) in [5.74, 6) is 0.721. The molecule has 22 heavy (non-hydrogen) atoms. The highest BCUT2D eigenvalue weighted by Crippen LogP contribution is 2.16. The Labute approximate surface area is 131 Å². The van der Waals surface area contributed by atoms with Crippen LogP contribution in [0.15, 0.2) is 48.5 Å². The van der Waals surface area contributed by atoms with E-state index in [9.17, 15) is 4.79 Å². The summed E-state index contributed by atoms with van der Waals surface area (Å²) in [5, 5.41) is 2.88. The topological polar surface area (TPSA) is 64.3 Å². The second-order valence-corrected chi connectivity index (χ2v) is 5.06. The molecule has 0 unspecified atom stereocenters. The molecule has 0 radical (unpaired) electrons. The number of ether oxygens (including phenoxy) is 1. The van der Waals surface area contributed by atoms with Crippen molar-refractivity contribution in [2.45, 2.75) is 19.8 Å². The molecule has 2 aromatic carbocycles. The number of nitrogens with two attached hydrogens (primary N) is 1. The van der Waals surface area contributed by atoms with E-state index in [0.717, 1.165) is 23.4 Å². The molecule has 0 fully saturated rings. The summed E-state index contributed by atoms with van der Waals surface area (Å²) in [6.45, 7) is 3.08. The van der Waals surface area contributed by atoms with Crippen LogP contribution >= 0.6 is 0 Å². The molecule has 0 aliphatic carbocycles. The maximum atomic E-state index is 12.0. The molecule has 0 saturated carbocycles. The molecule has 0 aromatic heterocycles. The standard InChI is InChI=1S/C18H22N2O2/c1-2-14-3-5-15(6-4-14)13-18(21)20-16-7-9-17(10-8-16)22-12-11-19/h3-10H,2,11-13,19H2,1H3,(H,20,21). The molecule has 0 heterocycles. The summed E-state index contributed by atoms with van der Waals surface area (Å²) in [6.07, 6.45) is 1.38. The maximum Gasteiger partial charge on any atom is 0.228 e. The molecule has 3 N–H and O–H groups in total. The van der Waals surface area contributed by atoms with Crippen molar-refractivity contribution in [2.24, 2.45) is 5.73 Å². The van der Waals surface area contributed by atoms with Crippen molar-refractivity contribution in [1.29, 1.82) is 0 Å². The number of aryl methyl sites for hydroxylation is 1. The predicted molar refractivity (Wildman–Crippen MR) is 89.1 cm³/mol. The quantitative estimate of drug-likeness (QED) is 0.826. The van der Waals surface area contributed by atoms with E-state index in [-0.39, 0.29) is 5.91 Å². The van der Waals surface area contributed by atoms with Crippen LogP contribution in [0.4, 0.5) is 5.69 Å². The Bertz CT molecular complexity index is 591. The van der Waals surface area contributed by atoms with Crippen molar-refractivity contribution in [3.05, 3.63) is 59.7 Å². The highest BCUT2D eigenvalue weighted by atomic mass is 16.5. The van der Waals surface area contributed by atoms with Gasteiger partial charge in [0.1, 0.15) is 12.4 Å². The van der Waals surface area contributed by atoms with Crippen LogP contribution in [-0.4, -0.2) is 19.1 Å². The number of amides is 1. The van der Waals surface area contributed by atoms with Gasteiger partial charge in [0.15, 0.2) is 0 Å². The molecule has 0 aliphatic heterocycles. The van der Waals surface area contributed by atoms with Crippen LogP contribution in [0.1, 0.15) is 18.1 Å². The van der Waals surface area contributed by atoms with Crippen LogP contribution in [-0.2, 0) is 17.6 Å². The van der Waals surface area contributed by atoms with Gasteiger partial charge in [-0.05, 0) is 41.8 Å². The Morgan fingerprint density at radius 3 is 2.27 bits per heavy atom. The molecular formula is C18H22N2O2. The van der Waals surface area contributed by atoms with Crippen molar-refractivity contribution in [1.82, 2.24) is 0 Å². The number of benzene rings is 2. The number of rotatable bonds is 7. The lowest BCUT2D eigenvalue weighted by atomic mass is 10.1. The van der Waals surface area contributed by atoms with E-state index in [1.54, 1.807) is 0 Å². The van der Waals surface area contributed by atoms with E-state index >= 15 is 0 Å². The second-order valence-electron chi connectivity index (χ2n) is 5.06. The Morgan fingerprint density at radius 1 is 1.05 bits per heavy atom. The van der Waals surface area contributed by atoms with Gasteiger partial charge in [0.25, 0.3) is 0 Å². The third kappa shape index (κ3) is 4.90. The molecule has 2 rings (SSSR count). The minimum absolute atomic E-state index is 0.0279. The van der Waals surface area contributed by atoms with Gasteiger partial charge in [-0.2, -0.15) is 0 Å². The van der Waals surface area contributed by atoms with E-state index in [4.69, 9.17) is 10.5 Å². The van der Waals surface area contributed by atoms with E-state index in [0.29, 0.717) is 19.6 Å². The summed E-state index contributed by atoms with van der Waals surface area (Å²) >= 11 is 0. The number of carbonyl (C=O) groups excluding carboxylic acids is 1. The van der Waals surface area contributed by atoms with Crippen molar-refractivity contribution in [3.8, 4) is 5.75 Å². The van der Waals surface area contributed by atoms with Gasteiger partial charge in [0.2, 0.25) is 5.91 Å². The van der Waals surface area contributed by atoms with Crippen LogP contribution in [0.2, 0.25) is 0 Å². The molecule has 0 saturated heterocycles. The smallest absolute Gasteiger partial charge is 0.228 e. The minimum atomic E-state index is -0.0279. The van der Waals surface area contributed by atoms with Crippen LogP contribution in [0.3, 0.4) is 0 Å². The average molecular weight is 298 g/mol. The van der Waals surface area contributed by atoms with Crippen molar-refractivity contribution in [3.63, 3.8) is 0 Å². The molecular weight excluding hydrogens is 276 g/mol. The van der Waals surface area contributed by atoms with Gasteiger partial charge in [-0.15, -0.1) is 0 Å². The summed E-state index contributed by atoms with van der Waals surface area (Å²) in [6, 6.07) is 15.4. The second kappa shape index (κ2) is 8.20. The molecule has 4 nitrogen and oxygen atoms in total. The van der Waals surface area contributed by atoms with E-state index in [1.807, 2.05) is 36.4 Å². The molecule has 1 amide bonds. The monoisotopic (exact) mass is 298 g/mol. The lowest BCUT2D eigenvalue weighted by molar-refractivity contribution is -0.115. The van der Waals surface area contributed by atoms with E-state index in [1.165, 1.54) is 5.56 Å². The first kappa shape index (κ1) is 16.0. The number of hydrogen-bond acceptors (Lipinski definition) is 3. The fourth-order valence-corrected chi connectivity index (χ4v) is 2.09. The van der Waals surface area contributed by atoms with Gasteiger partial charge in [-0.3, -0.25) is 4.79 Å². The molecule has 0 aliphatic rings. The zero-order valence-electron chi connectivity index (χ0n) is 12.8. The first-order chi connectivity index (χ1) is 10.7. The number of anilines is 1. The molecule has 2 aromatic rings. The van der Waals surface area contributed by atoms with E-state index < -0.39 is 0 Å². The predicted octanol–water partition coefficient (Wildman–Crippen LogP) is 2.77. The third-order valence-corrected chi connectivity index (χ3v) is 3.32. The fraction of sp³-hybridized carbons (Fsp3) is 0.278. The van der Waals surface area contributed by atoms with Crippen LogP contribution in [0, 0.1) is 0 Å². The Morgan fingerprint density at radius 2 is 1.68 bits per heavy atom. The highest BCUT2D eigenvalue weighted by Gasteiger charge is 2.04. The van der Waals surface area contributed by atoms with Crippen LogP contribution in [0.25, 0.3) is 0 Å². The zero-order chi connectivity index (χ0) is 15.8. The Hall–Kier alpha value is -2.33. The lowest BCUT2D eigenvalue weighted by Crippen LogP contribution is -2.14. The van der Waals surface area contributed by atoms with Gasteiger partial charge in [0.05, 0.1) is 6.42 Å². The van der Waals surface area contributed by atoms with Crippen LogP contribution < -0.4 is 15.8 Å². The number of nitrogens with one attached hydrogen (secondary N) is 1. The number of hydrogen-bond donors (Lipinski definition) is 2. The SMILES string of the molecule is CCc1ccc(CC(=O)Nc2ccc(OCCN)cc2)cc1. The molecule has 0 atom stereocenters. The summed E-state index contributed by atoms with van der Waals surface area (Å²) in [7, 11) is 0. The van der Waals surface area contributed by atoms with Gasteiger partial charge < -0.3 is 15.8 Å². The molecule has 0 bridgehead atoms. The molecule has 116 valence electrons. The van der Waals surface area contributed by atoms with Crippen LogP contribution in [0.5, 0.6) is 5.75 Å². The van der Waals surface area contributed by atoms with Gasteiger partial charge in [-0.25, -0.2) is 0 Å². The number of carbonyl (C=O) groups is 1. The molecule has 4 heteroatoms. The first-order valence-electron chi connectivity index (χ1n) is 7.52. The zero-order valence-corrected chi connectivity index (χ0v) is 12.8. The minimum Gasteiger partial charge on any atom is -0.492 e. The molecule has 0 spiro atoms. The summed E-state index contributed by atoms with van der Waals surface area (Å²) in [5.41, 5.74) is 8.43. The van der Waals surface area contributed by atoms with Crippen molar-refractivity contribution >= 4 is 11.6 Å². The lowest BCUT2D eigenvalue weighted by Gasteiger charge is -2.08. The van der Waals surface area contributed by atoms with Crippen molar-refractivity contribution in [2.75, 3.05) is 18.5 Å². The van der Waals surface area contributed by atoms with Gasteiger partial charge in [-0.1, -0.05) is 31.2 Å². The Kier molecular flexibility index (Phi) is 5.98. The summed E-state index contributed by atoms with van der Waals surface area (Å²) < 4.78 is 5.39. The Balaban J connectivity index is 1.88. The van der Waals surface area contributed by atoms with Gasteiger partial charge >= 0.3 is 0 Å². The largest absolute Gasteiger partial charge is 0.492 e. The normalized spacial score (nSPS) is 10.3. The maximum absolute atomic E-state index is 12.0. The highest BCUT2D eigenvalue weighted by molar-refractivity contribution is 5.92. The average Bonchev–Trinajstić information content (AvgIpc) is 2.55. The third-order valence-electron chi connectivity index (χ3n) is 3.32. The van der Waals surface area contributed by atoms with Crippen molar-refractivity contribution < 1.29 is 9.53 Å². The van der Waals surface area contributed by atoms with E-state index in [2.05, 4.69) is 24.4 Å². The first-order valence-corrected chi connectivity index (χ1v) is 7.52. The fourth-order valence-electron chi connectivity index (χ4n) is 2.09. The van der Waals surface area contributed by atoms with Gasteiger partial charge in [0, 0.05) is 12.2 Å². The summed E-state index contributed by atoms with van der Waals surface area (Å²) in [4.78, 5) is 12.0.